The van der Waals surface area contributed by atoms with Gasteiger partial charge in [-0.1, -0.05) is 17.8 Å². The summed E-state index contributed by atoms with van der Waals surface area (Å²) in [6.45, 7) is 0. The molecule has 0 amide bonds. The van der Waals surface area contributed by atoms with E-state index in [0.717, 1.165) is 23.0 Å². The number of carboxylic acids is 1. The Morgan fingerprint density at radius 3 is 3.00 bits per heavy atom. The molecule has 7 heteroatoms. The fraction of sp³-hybridized carbons (Fsp3) is 0.0714. The minimum Gasteiger partial charge on any atom is -0.481 e. The van der Waals surface area contributed by atoms with Crippen LogP contribution in [0.25, 0.3) is 16.7 Å². The van der Waals surface area contributed by atoms with Gasteiger partial charge in [-0.15, -0.1) is 0 Å². The van der Waals surface area contributed by atoms with Gasteiger partial charge in [-0.2, -0.15) is 16.6 Å². The van der Waals surface area contributed by atoms with E-state index in [2.05, 4.69) is 11.1 Å². The van der Waals surface area contributed by atoms with Crippen molar-refractivity contribution >= 4 is 40.1 Å². The molecule has 1 aromatic carbocycles. The summed E-state index contributed by atoms with van der Waals surface area (Å²) in [6, 6.07) is 9.45. The molecule has 21 heavy (non-hydrogen) atoms. The number of nitriles is 1. The average Bonchev–Trinajstić information content (AvgIpc) is 3.10. The highest BCUT2D eigenvalue weighted by Gasteiger charge is 2.16. The van der Waals surface area contributed by atoms with Crippen LogP contribution in [0.5, 0.6) is 0 Å². The molecule has 0 saturated heterocycles. The molecule has 0 bridgehead atoms. The Labute approximate surface area is 128 Å². The molecule has 1 N–H and O–H groups in total. The summed E-state index contributed by atoms with van der Waals surface area (Å²) in [7, 11) is 0. The van der Waals surface area contributed by atoms with E-state index in [1.807, 2.05) is 27.5 Å². The monoisotopic (exact) mass is 315 g/mol. The summed E-state index contributed by atoms with van der Waals surface area (Å²) in [6.07, 6.45) is 0. The smallest absolute Gasteiger partial charge is 0.313 e. The van der Waals surface area contributed by atoms with Crippen molar-refractivity contribution < 1.29 is 9.90 Å². The molecule has 5 nitrogen and oxygen atoms in total. The van der Waals surface area contributed by atoms with Crippen LogP contribution < -0.4 is 0 Å². The van der Waals surface area contributed by atoms with Crippen LogP contribution in [-0.4, -0.2) is 26.4 Å². The van der Waals surface area contributed by atoms with Gasteiger partial charge >= 0.3 is 5.97 Å². The second-order valence-corrected chi connectivity index (χ2v) is 5.90. The van der Waals surface area contributed by atoms with Crippen molar-refractivity contribution in [3.8, 4) is 11.8 Å². The lowest BCUT2D eigenvalue weighted by Gasteiger charge is -2.05. The zero-order chi connectivity index (χ0) is 14.8. The van der Waals surface area contributed by atoms with Gasteiger partial charge < -0.3 is 5.11 Å². The highest BCUT2D eigenvalue weighted by molar-refractivity contribution is 7.99. The fourth-order valence-electron chi connectivity index (χ4n) is 2.03. The van der Waals surface area contributed by atoms with E-state index in [-0.39, 0.29) is 5.75 Å². The van der Waals surface area contributed by atoms with Gasteiger partial charge in [0, 0.05) is 5.38 Å². The van der Waals surface area contributed by atoms with Gasteiger partial charge in [0.15, 0.2) is 5.16 Å². The molecule has 0 fully saturated rings. The largest absolute Gasteiger partial charge is 0.481 e. The molecule has 0 saturated carbocycles. The number of aromatic nitrogens is 2. The van der Waals surface area contributed by atoms with E-state index in [1.165, 1.54) is 0 Å². The van der Waals surface area contributed by atoms with E-state index in [0.29, 0.717) is 16.2 Å². The van der Waals surface area contributed by atoms with Crippen molar-refractivity contribution in [1.82, 2.24) is 9.55 Å². The normalized spacial score (nSPS) is 10.6. The summed E-state index contributed by atoms with van der Waals surface area (Å²) in [5.74, 6) is -0.973. The number of imidazole rings is 1. The Balaban J connectivity index is 2.23. The van der Waals surface area contributed by atoms with Crippen LogP contribution in [0.15, 0.2) is 40.2 Å². The second kappa shape index (κ2) is 5.60. The summed E-state index contributed by atoms with van der Waals surface area (Å²) < 4.78 is 1.89. The van der Waals surface area contributed by atoms with Gasteiger partial charge in [0.2, 0.25) is 0 Å². The number of thioether (sulfide) groups is 1. The third-order valence-corrected chi connectivity index (χ3v) is 4.46. The van der Waals surface area contributed by atoms with Gasteiger partial charge in [0.05, 0.1) is 22.5 Å². The molecule has 0 atom stereocenters. The Kier molecular flexibility index (Phi) is 3.64. The first-order chi connectivity index (χ1) is 10.2. The molecule has 0 radical (unpaired) electrons. The number of thiophene rings is 1. The highest BCUT2D eigenvalue weighted by atomic mass is 32.2. The van der Waals surface area contributed by atoms with E-state index in [9.17, 15) is 10.1 Å². The number of rotatable bonds is 4. The minimum atomic E-state index is -0.899. The predicted molar refractivity (Wildman–Crippen MR) is 82.0 cm³/mol. The fourth-order valence-corrected chi connectivity index (χ4v) is 3.39. The number of nitrogens with zero attached hydrogens (tertiary/aromatic N) is 3. The topological polar surface area (TPSA) is 78.9 Å². The molecule has 0 aliphatic heterocycles. The van der Waals surface area contributed by atoms with Crippen LogP contribution in [0.3, 0.4) is 0 Å². The third-order valence-electron chi connectivity index (χ3n) is 2.86. The number of benzene rings is 1. The van der Waals surface area contributed by atoms with E-state index >= 15 is 0 Å². The zero-order valence-corrected chi connectivity index (χ0v) is 12.3. The number of para-hydroxylation sites is 1. The summed E-state index contributed by atoms with van der Waals surface area (Å²) in [4.78, 5) is 15.3. The first kappa shape index (κ1) is 13.7. The van der Waals surface area contributed by atoms with Gasteiger partial charge in [0.1, 0.15) is 11.6 Å². The van der Waals surface area contributed by atoms with Crippen LogP contribution in [0, 0.1) is 11.3 Å². The lowest BCUT2D eigenvalue weighted by Crippen LogP contribution is -2.01. The van der Waals surface area contributed by atoms with Crippen LogP contribution in [0.1, 0.15) is 5.56 Å². The summed E-state index contributed by atoms with van der Waals surface area (Å²) in [5.41, 5.74) is 2.81. The van der Waals surface area contributed by atoms with E-state index in [1.54, 1.807) is 23.5 Å². The molecule has 0 aliphatic rings. The van der Waals surface area contributed by atoms with Crippen molar-refractivity contribution in [2.75, 3.05) is 5.75 Å². The average molecular weight is 315 g/mol. The Hall–Kier alpha value is -2.30. The molecule has 0 aliphatic carbocycles. The van der Waals surface area contributed by atoms with Crippen LogP contribution >= 0.6 is 23.1 Å². The number of carbonyl (C=O) groups is 1. The summed E-state index contributed by atoms with van der Waals surface area (Å²) in [5, 5.41) is 22.5. The maximum atomic E-state index is 10.8. The third kappa shape index (κ3) is 2.51. The molecule has 2 aromatic heterocycles. The molecule has 2 heterocycles. The van der Waals surface area contributed by atoms with Crippen molar-refractivity contribution in [1.29, 1.82) is 5.26 Å². The maximum absolute atomic E-state index is 10.8. The number of fused-ring (bicyclic) bond motifs is 1. The van der Waals surface area contributed by atoms with Crippen molar-refractivity contribution in [2.45, 2.75) is 5.16 Å². The SMILES string of the molecule is N#Cc1cccc2c1nc(SCC(=O)O)n2-c1ccsc1. The van der Waals surface area contributed by atoms with Crippen LogP contribution in [0.4, 0.5) is 0 Å². The quantitative estimate of drug-likeness (QED) is 0.748. The van der Waals surface area contributed by atoms with Gasteiger partial charge in [-0.05, 0) is 23.6 Å². The van der Waals surface area contributed by atoms with Crippen LogP contribution in [-0.2, 0) is 4.79 Å². The zero-order valence-electron chi connectivity index (χ0n) is 10.7. The first-order valence-electron chi connectivity index (χ1n) is 5.99. The number of carboxylic acid groups (broad SMARTS) is 1. The highest BCUT2D eigenvalue weighted by Crippen LogP contribution is 2.30. The van der Waals surface area contributed by atoms with Crippen molar-refractivity contribution in [3.63, 3.8) is 0 Å². The van der Waals surface area contributed by atoms with Gasteiger partial charge in [-0.25, -0.2) is 4.98 Å². The second-order valence-electron chi connectivity index (χ2n) is 4.18. The molecular formula is C14H9N3O2S2. The Morgan fingerprint density at radius 1 is 1.48 bits per heavy atom. The van der Waals surface area contributed by atoms with Crippen molar-refractivity contribution in [2.24, 2.45) is 0 Å². The summed E-state index contributed by atoms with van der Waals surface area (Å²) >= 11 is 2.70. The molecule has 0 spiro atoms. The van der Waals surface area contributed by atoms with Gasteiger partial charge in [-0.3, -0.25) is 9.36 Å². The lowest BCUT2D eigenvalue weighted by atomic mass is 10.2. The van der Waals surface area contributed by atoms with Crippen LogP contribution in [0.2, 0.25) is 0 Å². The standard InChI is InChI=1S/C14H9N3O2S2/c15-6-9-2-1-3-11-13(9)16-14(21-8-12(18)19)17(11)10-4-5-20-7-10/h1-5,7H,8H2,(H,18,19). The predicted octanol–water partition coefficient (Wildman–Crippen LogP) is 3.14. The molecule has 104 valence electrons. The van der Waals surface area contributed by atoms with Crippen molar-refractivity contribution in [3.05, 3.63) is 40.6 Å². The molecule has 0 unspecified atom stereocenters. The van der Waals surface area contributed by atoms with E-state index in [4.69, 9.17) is 5.11 Å². The lowest BCUT2D eigenvalue weighted by molar-refractivity contribution is -0.133. The van der Waals surface area contributed by atoms with E-state index < -0.39 is 5.97 Å². The number of aliphatic carboxylic acids is 1. The minimum absolute atomic E-state index is 0.0741. The molecular weight excluding hydrogens is 306 g/mol. The number of hydrogen-bond acceptors (Lipinski definition) is 5. The number of hydrogen-bond donors (Lipinski definition) is 1. The first-order valence-corrected chi connectivity index (χ1v) is 7.92. The molecule has 3 rings (SSSR count). The Morgan fingerprint density at radius 2 is 2.33 bits per heavy atom. The van der Waals surface area contributed by atoms with Gasteiger partial charge in [0.25, 0.3) is 0 Å². The Bertz CT molecular complexity index is 847. The maximum Gasteiger partial charge on any atom is 0.313 e. The molecule has 3 aromatic rings.